The summed E-state index contributed by atoms with van der Waals surface area (Å²) >= 11 is 0. The van der Waals surface area contributed by atoms with Gasteiger partial charge in [0.15, 0.2) is 23.1 Å². The molecule has 1 atom stereocenters. The predicted molar refractivity (Wildman–Crippen MR) is 116 cm³/mol. The van der Waals surface area contributed by atoms with Crippen molar-refractivity contribution in [3.63, 3.8) is 0 Å². The van der Waals surface area contributed by atoms with Gasteiger partial charge in [0.1, 0.15) is 0 Å². The van der Waals surface area contributed by atoms with Crippen LogP contribution in [0, 0.1) is 0 Å². The largest absolute Gasteiger partial charge is 0.493 e. The van der Waals surface area contributed by atoms with Crippen LogP contribution in [0.15, 0.2) is 41.0 Å². The monoisotopic (exact) mass is 440 g/mol. The first-order chi connectivity index (χ1) is 15.5. The van der Waals surface area contributed by atoms with Gasteiger partial charge >= 0.3 is 0 Å². The van der Waals surface area contributed by atoms with Crippen LogP contribution in [0.5, 0.6) is 11.5 Å². The Morgan fingerprint density at radius 1 is 1.06 bits per heavy atom. The fourth-order valence-corrected chi connectivity index (χ4v) is 4.03. The van der Waals surface area contributed by atoms with Crippen LogP contribution in [0.1, 0.15) is 47.9 Å². The molecule has 170 valence electrons. The molecule has 0 aliphatic carbocycles. The van der Waals surface area contributed by atoms with E-state index in [0.717, 1.165) is 11.4 Å². The first-order valence-electron chi connectivity index (χ1n) is 10.6. The number of hydrogen-bond acceptors (Lipinski definition) is 8. The number of benzene rings is 1. The molecule has 2 aromatic heterocycles. The van der Waals surface area contributed by atoms with Gasteiger partial charge in [-0.1, -0.05) is 6.07 Å². The van der Waals surface area contributed by atoms with Crippen molar-refractivity contribution in [3.05, 3.63) is 53.7 Å². The lowest BCUT2D eigenvalue weighted by atomic mass is 10.0. The van der Waals surface area contributed by atoms with E-state index in [1.165, 1.54) is 6.26 Å². The van der Waals surface area contributed by atoms with Gasteiger partial charge < -0.3 is 18.8 Å². The number of aromatic nitrogens is 4. The van der Waals surface area contributed by atoms with Crippen LogP contribution >= 0.6 is 0 Å². The van der Waals surface area contributed by atoms with Gasteiger partial charge in [-0.05, 0) is 54.1 Å². The number of furan rings is 1. The normalized spacial score (nSPS) is 15.7. The van der Waals surface area contributed by atoms with E-state index < -0.39 is 0 Å². The van der Waals surface area contributed by atoms with E-state index in [9.17, 15) is 4.79 Å². The van der Waals surface area contributed by atoms with Crippen molar-refractivity contribution in [2.75, 3.05) is 40.4 Å². The highest BCUT2D eigenvalue weighted by molar-refractivity contribution is 5.91. The van der Waals surface area contributed by atoms with Crippen molar-refractivity contribution in [3.8, 4) is 11.5 Å². The van der Waals surface area contributed by atoms with Crippen LogP contribution < -0.4 is 9.47 Å². The lowest BCUT2D eigenvalue weighted by molar-refractivity contribution is 0.0558. The van der Waals surface area contributed by atoms with Crippen molar-refractivity contribution in [1.29, 1.82) is 0 Å². The second-order valence-electron chi connectivity index (χ2n) is 7.90. The third-order valence-electron chi connectivity index (χ3n) is 5.67. The van der Waals surface area contributed by atoms with E-state index in [1.807, 2.05) is 41.6 Å². The topological polar surface area (TPSA) is 98.8 Å². The summed E-state index contributed by atoms with van der Waals surface area (Å²) in [5.74, 6) is 2.32. The summed E-state index contributed by atoms with van der Waals surface area (Å²) in [5.41, 5.74) is 0.991. The summed E-state index contributed by atoms with van der Waals surface area (Å²) in [5, 5.41) is 12.5. The summed E-state index contributed by atoms with van der Waals surface area (Å²) in [6.45, 7) is 6.57. The molecule has 1 aliphatic heterocycles. The zero-order valence-corrected chi connectivity index (χ0v) is 18.8. The fourth-order valence-electron chi connectivity index (χ4n) is 4.03. The van der Waals surface area contributed by atoms with Crippen LogP contribution in [-0.2, 0) is 0 Å². The molecule has 1 saturated heterocycles. The molecule has 1 fully saturated rings. The van der Waals surface area contributed by atoms with E-state index in [4.69, 9.17) is 13.9 Å². The Balaban J connectivity index is 1.64. The molecule has 0 saturated carbocycles. The Labute approximate surface area is 186 Å². The SMILES string of the molecule is COc1ccc([C@H](c2nnnn2C(C)C)N2CCN(C(=O)c3ccco3)CC2)cc1OC. The molecule has 10 heteroatoms. The molecular formula is C22H28N6O4. The van der Waals surface area contributed by atoms with E-state index in [-0.39, 0.29) is 18.0 Å². The first-order valence-corrected chi connectivity index (χ1v) is 10.6. The average Bonchev–Trinajstić information content (AvgIpc) is 3.52. The standard InChI is InChI=1S/C22H28N6O4/c1-15(2)28-21(23-24-25-28)20(16-7-8-17(30-3)19(14-16)31-4)26-9-11-27(12-10-26)22(29)18-6-5-13-32-18/h5-8,13-15,20H,9-12H2,1-4H3/t20-/m1/s1. The molecule has 0 radical (unpaired) electrons. The van der Waals surface area contributed by atoms with Crippen molar-refractivity contribution < 1.29 is 18.7 Å². The van der Waals surface area contributed by atoms with Crippen molar-refractivity contribution in [2.24, 2.45) is 0 Å². The molecule has 1 aliphatic rings. The smallest absolute Gasteiger partial charge is 0.289 e. The van der Waals surface area contributed by atoms with Crippen LogP contribution in [-0.4, -0.2) is 76.3 Å². The zero-order valence-electron chi connectivity index (χ0n) is 18.8. The highest BCUT2D eigenvalue weighted by Gasteiger charge is 2.33. The number of carbonyl (C=O) groups excluding carboxylic acids is 1. The summed E-state index contributed by atoms with van der Waals surface area (Å²) in [7, 11) is 3.23. The van der Waals surface area contributed by atoms with Gasteiger partial charge in [0, 0.05) is 26.2 Å². The van der Waals surface area contributed by atoms with Gasteiger partial charge in [-0.3, -0.25) is 9.69 Å². The van der Waals surface area contributed by atoms with Gasteiger partial charge in [0.2, 0.25) is 0 Å². The van der Waals surface area contributed by atoms with Gasteiger partial charge in [-0.2, -0.15) is 0 Å². The first kappa shape index (κ1) is 21.8. The van der Waals surface area contributed by atoms with Gasteiger partial charge in [-0.15, -0.1) is 5.10 Å². The molecule has 3 heterocycles. The molecule has 4 rings (SSSR count). The van der Waals surface area contributed by atoms with Crippen molar-refractivity contribution in [1.82, 2.24) is 30.0 Å². The molecule has 32 heavy (non-hydrogen) atoms. The molecule has 0 N–H and O–H groups in total. The Bertz CT molecular complexity index is 1040. The molecule has 3 aromatic rings. The Morgan fingerprint density at radius 2 is 1.81 bits per heavy atom. The van der Waals surface area contributed by atoms with E-state index in [0.29, 0.717) is 43.4 Å². The molecule has 0 spiro atoms. The van der Waals surface area contributed by atoms with Crippen LogP contribution in [0.4, 0.5) is 0 Å². The Hall–Kier alpha value is -3.40. The summed E-state index contributed by atoms with van der Waals surface area (Å²) < 4.78 is 18.1. The third-order valence-corrected chi connectivity index (χ3v) is 5.67. The minimum Gasteiger partial charge on any atom is -0.493 e. The highest BCUT2D eigenvalue weighted by atomic mass is 16.5. The lowest BCUT2D eigenvalue weighted by Crippen LogP contribution is -2.50. The number of carbonyl (C=O) groups is 1. The molecule has 0 bridgehead atoms. The molecule has 10 nitrogen and oxygen atoms in total. The maximum absolute atomic E-state index is 12.7. The molecule has 1 aromatic carbocycles. The Kier molecular flexibility index (Phi) is 6.40. The molecular weight excluding hydrogens is 412 g/mol. The number of piperazine rings is 1. The summed E-state index contributed by atoms with van der Waals surface area (Å²) in [4.78, 5) is 16.8. The van der Waals surface area contributed by atoms with E-state index in [1.54, 1.807) is 26.4 Å². The van der Waals surface area contributed by atoms with Gasteiger partial charge in [-0.25, -0.2) is 4.68 Å². The van der Waals surface area contributed by atoms with Crippen LogP contribution in [0.25, 0.3) is 0 Å². The second-order valence-corrected chi connectivity index (χ2v) is 7.90. The molecule has 1 amide bonds. The van der Waals surface area contributed by atoms with Crippen LogP contribution in [0.3, 0.4) is 0 Å². The van der Waals surface area contributed by atoms with Gasteiger partial charge in [0.25, 0.3) is 5.91 Å². The number of hydrogen-bond donors (Lipinski definition) is 0. The molecule has 0 unspecified atom stereocenters. The average molecular weight is 441 g/mol. The van der Waals surface area contributed by atoms with Crippen molar-refractivity contribution in [2.45, 2.75) is 25.9 Å². The van der Waals surface area contributed by atoms with E-state index in [2.05, 4.69) is 20.4 Å². The minimum absolute atomic E-state index is 0.0932. The highest BCUT2D eigenvalue weighted by Crippen LogP contribution is 2.35. The number of ether oxygens (including phenoxy) is 2. The zero-order chi connectivity index (χ0) is 22.7. The number of rotatable bonds is 7. The summed E-state index contributed by atoms with van der Waals surface area (Å²) in [6.07, 6.45) is 1.52. The second kappa shape index (κ2) is 9.39. The van der Waals surface area contributed by atoms with Gasteiger partial charge in [0.05, 0.1) is 32.6 Å². The van der Waals surface area contributed by atoms with Crippen molar-refractivity contribution >= 4 is 5.91 Å². The third kappa shape index (κ3) is 4.18. The Morgan fingerprint density at radius 3 is 2.44 bits per heavy atom. The maximum Gasteiger partial charge on any atom is 0.289 e. The predicted octanol–water partition coefficient (Wildman–Crippen LogP) is 2.41. The summed E-state index contributed by atoms with van der Waals surface area (Å²) in [6, 6.07) is 9.17. The number of methoxy groups -OCH3 is 2. The fraction of sp³-hybridized carbons (Fsp3) is 0.455. The minimum atomic E-state index is -0.201. The maximum atomic E-state index is 12.7. The van der Waals surface area contributed by atoms with Crippen LogP contribution in [0.2, 0.25) is 0 Å². The number of tetrazole rings is 1. The quantitative estimate of drug-likeness (QED) is 0.552. The lowest BCUT2D eigenvalue weighted by Gasteiger charge is -2.38. The van der Waals surface area contributed by atoms with E-state index >= 15 is 0 Å². The number of nitrogens with zero attached hydrogens (tertiary/aromatic N) is 6. The number of amides is 1.